The molecular weight excluding hydrogens is 152 g/mol. The smallest absolute Gasteiger partial charge is 0.224 e. The van der Waals surface area contributed by atoms with E-state index in [1.165, 1.54) is 19.3 Å². The highest BCUT2D eigenvalue weighted by Gasteiger charge is 2.56. The molecule has 0 aromatic rings. The fraction of sp³-hybridized carbons (Fsp3) is 0.778. The van der Waals surface area contributed by atoms with Gasteiger partial charge in [-0.05, 0) is 24.7 Å². The van der Waals surface area contributed by atoms with Crippen LogP contribution in [0, 0.1) is 29.1 Å². The number of fused-ring (bicyclic) bond motifs is 1. The van der Waals surface area contributed by atoms with Crippen LogP contribution in [0.1, 0.15) is 19.3 Å². The van der Waals surface area contributed by atoms with Crippen LogP contribution < -0.4 is 5.32 Å². The number of rotatable bonds is 2. The Balaban J connectivity index is 1.81. The van der Waals surface area contributed by atoms with Crippen molar-refractivity contribution in [1.82, 2.24) is 5.32 Å². The predicted octanol–water partition coefficient (Wildman–Crippen LogP) is 0.672. The first kappa shape index (κ1) is 7.60. The van der Waals surface area contributed by atoms with E-state index in [2.05, 4.69) is 5.32 Å². The van der Waals surface area contributed by atoms with Crippen molar-refractivity contribution in [2.45, 2.75) is 19.3 Å². The summed E-state index contributed by atoms with van der Waals surface area (Å²) in [6, 6.07) is 1.92. The van der Waals surface area contributed by atoms with E-state index < -0.39 is 0 Å². The van der Waals surface area contributed by atoms with Crippen molar-refractivity contribution in [2.75, 3.05) is 6.54 Å². The Hall–Kier alpha value is -1.04. The van der Waals surface area contributed by atoms with E-state index in [4.69, 9.17) is 5.26 Å². The first-order valence-electron chi connectivity index (χ1n) is 4.49. The average Bonchev–Trinajstić information content (AvgIpc) is 2.56. The van der Waals surface area contributed by atoms with E-state index in [-0.39, 0.29) is 18.4 Å². The molecule has 64 valence electrons. The van der Waals surface area contributed by atoms with Crippen LogP contribution in [0.3, 0.4) is 0 Å². The van der Waals surface area contributed by atoms with Crippen molar-refractivity contribution in [2.24, 2.45) is 17.8 Å². The first-order chi connectivity index (χ1) is 5.84. The molecule has 3 heteroatoms. The third-order valence-electron chi connectivity index (χ3n) is 3.05. The van der Waals surface area contributed by atoms with Gasteiger partial charge in [-0.1, -0.05) is 6.42 Å². The Morgan fingerprint density at radius 3 is 2.75 bits per heavy atom. The van der Waals surface area contributed by atoms with E-state index in [0.717, 1.165) is 0 Å². The molecule has 0 bridgehead atoms. The summed E-state index contributed by atoms with van der Waals surface area (Å²) in [5.41, 5.74) is 0. The molecule has 2 aliphatic carbocycles. The van der Waals surface area contributed by atoms with Gasteiger partial charge in [-0.15, -0.1) is 0 Å². The number of nitrogens with one attached hydrogen (secondary N) is 1. The summed E-state index contributed by atoms with van der Waals surface area (Å²) < 4.78 is 0. The lowest BCUT2D eigenvalue weighted by molar-refractivity contribution is -0.122. The van der Waals surface area contributed by atoms with Crippen molar-refractivity contribution >= 4 is 5.91 Å². The number of amides is 1. The third-order valence-corrected chi connectivity index (χ3v) is 3.05. The fourth-order valence-electron chi connectivity index (χ4n) is 2.45. The Bertz CT molecular complexity index is 233. The number of carbonyl (C=O) groups excluding carboxylic acids is 1. The fourth-order valence-corrected chi connectivity index (χ4v) is 2.45. The lowest BCUT2D eigenvalue weighted by Gasteiger charge is -2.01. The lowest BCUT2D eigenvalue weighted by Crippen LogP contribution is -2.26. The molecule has 2 rings (SSSR count). The van der Waals surface area contributed by atoms with Crippen LogP contribution in [0.5, 0.6) is 0 Å². The number of hydrogen-bond donors (Lipinski definition) is 1. The summed E-state index contributed by atoms with van der Waals surface area (Å²) >= 11 is 0. The summed E-state index contributed by atoms with van der Waals surface area (Å²) in [5.74, 6) is 1.67. The van der Waals surface area contributed by atoms with Gasteiger partial charge in [-0.3, -0.25) is 4.79 Å². The molecule has 0 spiro atoms. The zero-order valence-corrected chi connectivity index (χ0v) is 6.92. The van der Waals surface area contributed by atoms with Gasteiger partial charge in [-0.25, -0.2) is 0 Å². The average molecular weight is 164 g/mol. The molecule has 2 aliphatic rings. The molecule has 0 aromatic carbocycles. The Kier molecular flexibility index (Phi) is 1.76. The maximum absolute atomic E-state index is 11.3. The summed E-state index contributed by atoms with van der Waals surface area (Å²) in [4.78, 5) is 11.3. The van der Waals surface area contributed by atoms with Gasteiger partial charge in [0.25, 0.3) is 0 Å². The summed E-state index contributed by atoms with van der Waals surface area (Å²) in [5, 5.41) is 10.9. The molecule has 1 N–H and O–H groups in total. The molecule has 2 unspecified atom stereocenters. The van der Waals surface area contributed by atoms with Gasteiger partial charge in [0.05, 0.1) is 6.07 Å². The zero-order valence-electron chi connectivity index (χ0n) is 6.92. The highest BCUT2D eigenvalue weighted by atomic mass is 16.2. The second-order valence-electron chi connectivity index (χ2n) is 3.66. The molecule has 3 nitrogen and oxygen atoms in total. The van der Waals surface area contributed by atoms with Crippen LogP contribution in [0.4, 0.5) is 0 Å². The molecule has 2 atom stereocenters. The molecule has 0 saturated heterocycles. The summed E-state index contributed by atoms with van der Waals surface area (Å²) in [7, 11) is 0. The van der Waals surface area contributed by atoms with Gasteiger partial charge in [0, 0.05) is 5.92 Å². The van der Waals surface area contributed by atoms with Gasteiger partial charge in [0.15, 0.2) is 0 Å². The van der Waals surface area contributed by atoms with Crippen molar-refractivity contribution in [3.05, 3.63) is 0 Å². The first-order valence-corrected chi connectivity index (χ1v) is 4.49. The number of hydrogen-bond acceptors (Lipinski definition) is 2. The SMILES string of the molecule is N#CCNC(=O)C1C2CCCC21. The van der Waals surface area contributed by atoms with E-state index in [1.54, 1.807) is 0 Å². The zero-order chi connectivity index (χ0) is 8.55. The monoisotopic (exact) mass is 164 g/mol. The minimum absolute atomic E-state index is 0.103. The van der Waals surface area contributed by atoms with Gasteiger partial charge in [0.2, 0.25) is 5.91 Å². The molecule has 2 fully saturated rings. The van der Waals surface area contributed by atoms with Gasteiger partial charge >= 0.3 is 0 Å². The second-order valence-corrected chi connectivity index (χ2v) is 3.66. The summed E-state index contributed by atoms with van der Waals surface area (Å²) in [6.45, 7) is 0.161. The van der Waals surface area contributed by atoms with Crippen molar-refractivity contribution in [3.63, 3.8) is 0 Å². The van der Waals surface area contributed by atoms with Crippen LogP contribution in [0.25, 0.3) is 0 Å². The highest BCUT2D eigenvalue weighted by molar-refractivity contribution is 5.82. The van der Waals surface area contributed by atoms with Gasteiger partial charge < -0.3 is 5.32 Å². The maximum atomic E-state index is 11.3. The number of nitriles is 1. The van der Waals surface area contributed by atoms with Crippen molar-refractivity contribution < 1.29 is 4.79 Å². The van der Waals surface area contributed by atoms with Gasteiger partial charge in [-0.2, -0.15) is 5.26 Å². The van der Waals surface area contributed by atoms with E-state index in [1.807, 2.05) is 6.07 Å². The molecule has 0 aromatic heterocycles. The Morgan fingerprint density at radius 1 is 1.50 bits per heavy atom. The van der Waals surface area contributed by atoms with Crippen molar-refractivity contribution in [3.8, 4) is 6.07 Å². The maximum Gasteiger partial charge on any atom is 0.224 e. The minimum Gasteiger partial charge on any atom is -0.343 e. The van der Waals surface area contributed by atoms with E-state index >= 15 is 0 Å². The third kappa shape index (κ3) is 1.08. The number of carbonyl (C=O) groups is 1. The predicted molar refractivity (Wildman–Crippen MR) is 42.9 cm³/mol. The molecule has 0 heterocycles. The van der Waals surface area contributed by atoms with Crippen LogP contribution >= 0.6 is 0 Å². The van der Waals surface area contributed by atoms with Crippen LogP contribution in [0.15, 0.2) is 0 Å². The largest absolute Gasteiger partial charge is 0.343 e. The standard InChI is InChI=1S/C9H12N2O/c10-4-5-11-9(12)8-6-2-1-3-7(6)8/h6-8H,1-3,5H2,(H,11,12). The topological polar surface area (TPSA) is 52.9 Å². The minimum atomic E-state index is 0.103. The molecule has 12 heavy (non-hydrogen) atoms. The van der Waals surface area contributed by atoms with E-state index in [0.29, 0.717) is 11.8 Å². The van der Waals surface area contributed by atoms with Crippen LogP contribution in [-0.4, -0.2) is 12.5 Å². The quantitative estimate of drug-likeness (QED) is 0.610. The van der Waals surface area contributed by atoms with Crippen LogP contribution in [0.2, 0.25) is 0 Å². The molecular formula is C9H12N2O. The normalized spacial score (nSPS) is 36.8. The highest BCUT2D eigenvalue weighted by Crippen LogP contribution is 2.57. The molecule has 1 amide bonds. The second kappa shape index (κ2) is 2.78. The molecule has 2 saturated carbocycles. The Morgan fingerprint density at radius 2 is 2.17 bits per heavy atom. The lowest BCUT2D eigenvalue weighted by atomic mass is 10.1. The van der Waals surface area contributed by atoms with Crippen LogP contribution in [-0.2, 0) is 4.79 Å². The van der Waals surface area contributed by atoms with Gasteiger partial charge in [0.1, 0.15) is 6.54 Å². The molecule has 0 radical (unpaired) electrons. The van der Waals surface area contributed by atoms with E-state index in [9.17, 15) is 4.79 Å². The molecule has 0 aliphatic heterocycles. The summed E-state index contributed by atoms with van der Waals surface area (Å²) in [6.07, 6.45) is 3.72. The number of nitrogens with zero attached hydrogens (tertiary/aromatic N) is 1. The van der Waals surface area contributed by atoms with Crippen molar-refractivity contribution in [1.29, 1.82) is 5.26 Å². The Labute approximate surface area is 71.8 Å².